The second kappa shape index (κ2) is 12.0. The highest BCUT2D eigenvalue weighted by Gasteiger charge is 2.11. The molecule has 2 N–H and O–H groups in total. The van der Waals surface area contributed by atoms with Crippen LogP contribution in [0.5, 0.6) is 11.5 Å². The van der Waals surface area contributed by atoms with Crippen molar-refractivity contribution in [1.82, 2.24) is 10.6 Å². The van der Waals surface area contributed by atoms with E-state index in [1.165, 1.54) is 6.26 Å². The van der Waals surface area contributed by atoms with Crippen LogP contribution in [0.4, 0.5) is 0 Å². The van der Waals surface area contributed by atoms with E-state index in [9.17, 15) is 8.42 Å². The molecule has 0 bridgehead atoms. The number of nitrogens with one attached hydrogen (secondary N) is 2. The van der Waals surface area contributed by atoms with Gasteiger partial charge >= 0.3 is 0 Å². The highest BCUT2D eigenvalue weighted by Crippen LogP contribution is 2.20. The number of hydrogen-bond donors (Lipinski definition) is 2. The van der Waals surface area contributed by atoms with Gasteiger partial charge in [-0.3, -0.25) is 4.99 Å². The highest BCUT2D eigenvalue weighted by molar-refractivity contribution is 14.0. The molecule has 0 aliphatic heterocycles. The summed E-state index contributed by atoms with van der Waals surface area (Å²) < 4.78 is 34.6. The van der Waals surface area contributed by atoms with Crippen molar-refractivity contribution in [3.8, 4) is 11.5 Å². The van der Waals surface area contributed by atoms with E-state index in [1.54, 1.807) is 33.2 Å². The number of hydrogen-bond acceptors (Lipinski definition) is 5. The Kier molecular flexibility index (Phi) is 10.4. The van der Waals surface area contributed by atoms with E-state index in [0.29, 0.717) is 23.9 Å². The number of aryl methyl sites for hydroxylation is 1. The maximum absolute atomic E-state index is 11.7. The minimum atomic E-state index is -3.21. The molecule has 0 heterocycles. The zero-order valence-electron chi connectivity index (χ0n) is 17.9. The van der Waals surface area contributed by atoms with Gasteiger partial charge in [0.05, 0.1) is 18.6 Å². The summed E-state index contributed by atoms with van der Waals surface area (Å²) in [5.74, 6) is 2.12. The molecule has 0 radical (unpaired) electrons. The van der Waals surface area contributed by atoms with E-state index in [0.717, 1.165) is 22.6 Å². The summed E-state index contributed by atoms with van der Waals surface area (Å²) >= 11 is 0. The Morgan fingerprint density at radius 1 is 1.13 bits per heavy atom. The van der Waals surface area contributed by atoms with Gasteiger partial charge in [-0.2, -0.15) is 0 Å². The monoisotopic (exact) mass is 547 g/mol. The Hall–Kier alpha value is -2.01. The molecule has 7 nitrogen and oxygen atoms in total. The number of aliphatic imine (C=N–C) groups is 1. The number of benzene rings is 2. The molecule has 0 fully saturated rings. The van der Waals surface area contributed by atoms with Crippen molar-refractivity contribution < 1.29 is 17.9 Å². The molecule has 0 aliphatic carbocycles. The fourth-order valence-corrected chi connectivity index (χ4v) is 3.79. The lowest BCUT2D eigenvalue weighted by Crippen LogP contribution is -2.41. The second-order valence-electron chi connectivity index (χ2n) is 6.79. The normalized spacial score (nSPS) is 12.5. The fraction of sp³-hybridized carbons (Fsp3) is 0.381. The zero-order valence-corrected chi connectivity index (χ0v) is 21.1. The van der Waals surface area contributed by atoms with Crippen LogP contribution in [0.1, 0.15) is 18.1 Å². The predicted octanol–water partition coefficient (Wildman–Crippen LogP) is 3.16. The Morgan fingerprint density at radius 2 is 1.83 bits per heavy atom. The Labute approximate surface area is 196 Å². The van der Waals surface area contributed by atoms with Gasteiger partial charge in [-0.1, -0.05) is 18.2 Å². The Balaban J connectivity index is 0.00000450. The van der Waals surface area contributed by atoms with E-state index in [1.807, 2.05) is 37.3 Å². The van der Waals surface area contributed by atoms with Crippen LogP contribution in [0.15, 0.2) is 52.4 Å². The van der Waals surface area contributed by atoms with Crippen LogP contribution in [0.2, 0.25) is 0 Å². The van der Waals surface area contributed by atoms with Gasteiger partial charge in [0.25, 0.3) is 0 Å². The van der Waals surface area contributed by atoms with Gasteiger partial charge in [0.1, 0.15) is 17.6 Å². The second-order valence-corrected chi connectivity index (χ2v) is 8.77. The summed E-state index contributed by atoms with van der Waals surface area (Å²) in [6.07, 6.45) is 1.13. The number of halogens is 1. The van der Waals surface area contributed by atoms with Crippen LogP contribution < -0.4 is 20.1 Å². The molecule has 30 heavy (non-hydrogen) atoms. The van der Waals surface area contributed by atoms with Crippen LogP contribution in [0, 0.1) is 6.92 Å². The van der Waals surface area contributed by atoms with Gasteiger partial charge in [0.15, 0.2) is 15.8 Å². The number of rotatable bonds is 8. The molecule has 9 heteroatoms. The topological polar surface area (TPSA) is 89.0 Å². The molecule has 1 unspecified atom stereocenters. The molecule has 0 saturated carbocycles. The van der Waals surface area contributed by atoms with Crippen molar-refractivity contribution in [3.05, 3.63) is 53.6 Å². The average molecular weight is 547 g/mol. The lowest BCUT2D eigenvalue weighted by atomic mass is 10.1. The number of nitrogens with zero attached hydrogens (tertiary/aromatic N) is 1. The molecule has 2 aromatic rings. The first-order valence-electron chi connectivity index (χ1n) is 9.27. The third-order valence-corrected chi connectivity index (χ3v) is 5.51. The first-order valence-corrected chi connectivity index (χ1v) is 11.2. The zero-order chi connectivity index (χ0) is 21.4. The third-order valence-electron chi connectivity index (χ3n) is 4.26. The van der Waals surface area contributed by atoms with E-state index in [4.69, 9.17) is 9.47 Å². The van der Waals surface area contributed by atoms with Crippen molar-refractivity contribution in [1.29, 1.82) is 0 Å². The minimum Gasteiger partial charge on any atom is -0.497 e. The summed E-state index contributed by atoms with van der Waals surface area (Å²) in [5.41, 5.74) is 1.70. The van der Waals surface area contributed by atoms with Gasteiger partial charge in [0, 0.05) is 25.9 Å². The number of sulfone groups is 1. The SMILES string of the molecule is CN=C(NCc1ccc(S(C)(=O)=O)c(C)c1)NCC(C)Oc1cccc(OC)c1.I. The Morgan fingerprint density at radius 3 is 2.43 bits per heavy atom. The van der Waals surface area contributed by atoms with E-state index < -0.39 is 9.84 Å². The van der Waals surface area contributed by atoms with Gasteiger partial charge in [0.2, 0.25) is 0 Å². The first kappa shape index (κ1) is 26.0. The van der Waals surface area contributed by atoms with E-state index in [-0.39, 0.29) is 30.1 Å². The predicted molar refractivity (Wildman–Crippen MR) is 131 cm³/mol. The van der Waals surface area contributed by atoms with Crippen molar-refractivity contribution in [3.63, 3.8) is 0 Å². The van der Waals surface area contributed by atoms with E-state index in [2.05, 4.69) is 15.6 Å². The largest absolute Gasteiger partial charge is 0.497 e. The summed E-state index contributed by atoms with van der Waals surface area (Å²) in [4.78, 5) is 4.57. The van der Waals surface area contributed by atoms with Crippen molar-refractivity contribution in [2.45, 2.75) is 31.4 Å². The standard InChI is InChI=1S/C21H29N3O4S.HI/c1-15-11-17(9-10-20(15)29(5,25)26)14-24-21(22-3)23-13-16(2)28-19-8-6-7-18(12-19)27-4;/h6-12,16H,13-14H2,1-5H3,(H2,22,23,24);1H. The fourth-order valence-electron chi connectivity index (χ4n) is 2.83. The third kappa shape index (κ3) is 8.02. The smallest absolute Gasteiger partial charge is 0.191 e. The molecule has 1 atom stereocenters. The molecule has 2 rings (SSSR count). The molecular weight excluding hydrogens is 517 g/mol. The lowest BCUT2D eigenvalue weighted by Gasteiger charge is -2.18. The van der Waals surface area contributed by atoms with Crippen LogP contribution in [0.3, 0.4) is 0 Å². The summed E-state index contributed by atoms with van der Waals surface area (Å²) in [7, 11) is 0.103. The molecule has 166 valence electrons. The molecular formula is C21H30IN3O4S. The summed E-state index contributed by atoms with van der Waals surface area (Å²) in [6.45, 7) is 4.84. The first-order chi connectivity index (χ1) is 13.7. The van der Waals surface area contributed by atoms with Gasteiger partial charge in [-0.25, -0.2) is 8.42 Å². The molecule has 0 aromatic heterocycles. The molecule has 0 saturated heterocycles. The van der Waals surface area contributed by atoms with Crippen LogP contribution in [-0.2, 0) is 16.4 Å². The van der Waals surface area contributed by atoms with Crippen molar-refractivity contribution in [2.75, 3.05) is 27.0 Å². The molecule has 2 aromatic carbocycles. The molecule has 0 spiro atoms. The van der Waals surface area contributed by atoms with Crippen molar-refractivity contribution >= 4 is 39.8 Å². The number of guanidine groups is 1. The highest BCUT2D eigenvalue weighted by atomic mass is 127. The maximum Gasteiger partial charge on any atom is 0.191 e. The van der Waals surface area contributed by atoms with Crippen molar-refractivity contribution in [2.24, 2.45) is 4.99 Å². The summed E-state index contributed by atoms with van der Waals surface area (Å²) in [5, 5.41) is 6.45. The average Bonchev–Trinajstić information content (AvgIpc) is 2.67. The number of methoxy groups -OCH3 is 1. The van der Waals surface area contributed by atoms with E-state index >= 15 is 0 Å². The van der Waals surface area contributed by atoms with Crippen LogP contribution in [0.25, 0.3) is 0 Å². The van der Waals surface area contributed by atoms with Gasteiger partial charge < -0.3 is 20.1 Å². The molecule has 0 amide bonds. The van der Waals surface area contributed by atoms with Crippen LogP contribution >= 0.6 is 24.0 Å². The quantitative estimate of drug-likeness (QED) is 0.300. The summed E-state index contributed by atoms with van der Waals surface area (Å²) in [6, 6.07) is 12.8. The Bertz CT molecular complexity index is 964. The lowest BCUT2D eigenvalue weighted by molar-refractivity contribution is 0.223. The minimum absolute atomic E-state index is 0. The number of ether oxygens (including phenoxy) is 2. The van der Waals surface area contributed by atoms with Gasteiger partial charge in [-0.05, 0) is 43.2 Å². The molecule has 0 aliphatic rings. The van der Waals surface area contributed by atoms with Crippen LogP contribution in [-0.4, -0.2) is 47.4 Å². The van der Waals surface area contributed by atoms with Gasteiger partial charge in [-0.15, -0.1) is 24.0 Å². The maximum atomic E-state index is 11.7.